The minimum absolute atomic E-state index is 0.579. The Bertz CT molecular complexity index is 672. The number of likely N-dealkylation sites (N-methyl/N-ethyl adjacent to an activating group) is 1. The predicted octanol–water partition coefficient (Wildman–Crippen LogP) is 1.29. The molecule has 8 nitrogen and oxygen atoms in total. The summed E-state index contributed by atoms with van der Waals surface area (Å²) in [7, 11) is 3.86. The lowest BCUT2D eigenvalue weighted by atomic mass is 10.2. The fourth-order valence-electron chi connectivity index (χ4n) is 2.56. The Hall–Kier alpha value is -2.45. The fourth-order valence-corrected chi connectivity index (χ4v) is 2.56. The lowest BCUT2D eigenvalue weighted by Gasteiger charge is -2.18. The van der Waals surface area contributed by atoms with Crippen molar-refractivity contribution in [3.05, 3.63) is 42.4 Å². The third kappa shape index (κ3) is 7.76. The van der Waals surface area contributed by atoms with Crippen molar-refractivity contribution in [2.45, 2.75) is 19.9 Å². The number of aliphatic imine (C=N–C) groups is 1. The zero-order valence-electron chi connectivity index (χ0n) is 16.6. The molecule has 0 radical (unpaired) electrons. The third-order valence-corrected chi connectivity index (χ3v) is 3.99. The van der Waals surface area contributed by atoms with Gasteiger partial charge in [0.2, 0.25) is 0 Å². The van der Waals surface area contributed by atoms with E-state index in [-0.39, 0.29) is 0 Å². The highest BCUT2D eigenvalue weighted by molar-refractivity contribution is 5.79. The van der Waals surface area contributed by atoms with Gasteiger partial charge in [-0.25, -0.2) is 14.7 Å². The Morgan fingerprint density at radius 2 is 2.19 bits per heavy atom. The summed E-state index contributed by atoms with van der Waals surface area (Å²) >= 11 is 0. The number of guanidine groups is 1. The van der Waals surface area contributed by atoms with Crippen LogP contribution in [0, 0.1) is 0 Å². The molecule has 0 saturated heterocycles. The van der Waals surface area contributed by atoms with Gasteiger partial charge in [-0.1, -0.05) is 0 Å². The number of nitrogens with zero attached hydrogens (tertiary/aromatic N) is 5. The van der Waals surface area contributed by atoms with Crippen LogP contribution in [-0.2, 0) is 11.3 Å². The molecule has 148 valence electrons. The van der Waals surface area contributed by atoms with Gasteiger partial charge in [0, 0.05) is 58.5 Å². The van der Waals surface area contributed by atoms with Crippen molar-refractivity contribution in [2.24, 2.45) is 4.99 Å². The summed E-state index contributed by atoms with van der Waals surface area (Å²) in [6.45, 7) is 7.08. The average Bonchev–Trinajstić information content (AvgIpc) is 3.21. The molecule has 2 rings (SSSR count). The minimum atomic E-state index is 0.579. The molecule has 2 aromatic rings. The van der Waals surface area contributed by atoms with Crippen LogP contribution in [0.5, 0.6) is 0 Å². The van der Waals surface area contributed by atoms with Crippen molar-refractivity contribution in [1.82, 2.24) is 30.3 Å². The van der Waals surface area contributed by atoms with Crippen molar-refractivity contribution in [3.8, 4) is 5.82 Å². The molecule has 2 heterocycles. The van der Waals surface area contributed by atoms with Crippen LogP contribution in [0.2, 0.25) is 0 Å². The summed E-state index contributed by atoms with van der Waals surface area (Å²) in [6, 6.07) is 5.86. The van der Waals surface area contributed by atoms with Gasteiger partial charge < -0.3 is 20.3 Å². The van der Waals surface area contributed by atoms with E-state index in [1.54, 1.807) is 24.2 Å². The molecule has 0 saturated carbocycles. The van der Waals surface area contributed by atoms with Gasteiger partial charge in [-0.2, -0.15) is 5.10 Å². The summed E-state index contributed by atoms with van der Waals surface area (Å²) in [5.41, 5.74) is 1.09. The summed E-state index contributed by atoms with van der Waals surface area (Å²) in [4.78, 5) is 11.3. The maximum atomic E-state index is 5.09. The number of hydrogen-bond acceptors (Lipinski definition) is 5. The van der Waals surface area contributed by atoms with Gasteiger partial charge in [0.25, 0.3) is 0 Å². The van der Waals surface area contributed by atoms with Crippen LogP contribution in [0.1, 0.15) is 18.9 Å². The van der Waals surface area contributed by atoms with E-state index in [0.717, 1.165) is 56.5 Å². The first-order valence-electron chi connectivity index (χ1n) is 9.37. The van der Waals surface area contributed by atoms with E-state index in [1.807, 2.05) is 24.4 Å². The van der Waals surface area contributed by atoms with Gasteiger partial charge in [-0.15, -0.1) is 0 Å². The van der Waals surface area contributed by atoms with Crippen LogP contribution in [0.25, 0.3) is 5.82 Å². The van der Waals surface area contributed by atoms with E-state index < -0.39 is 0 Å². The molecule has 0 fully saturated rings. The first-order chi connectivity index (χ1) is 13.2. The Balaban J connectivity index is 1.85. The van der Waals surface area contributed by atoms with Gasteiger partial charge in [-0.05, 0) is 44.2 Å². The summed E-state index contributed by atoms with van der Waals surface area (Å²) in [5, 5.41) is 10.9. The van der Waals surface area contributed by atoms with Crippen molar-refractivity contribution in [3.63, 3.8) is 0 Å². The second kappa shape index (κ2) is 12.0. The van der Waals surface area contributed by atoms with E-state index >= 15 is 0 Å². The zero-order chi connectivity index (χ0) is 19.3. The monoisotopic (exact) mass is 373 g/mol. The van der Waals surface area contributed by atoms with E-state index in [2.05, 4.69) is 44.6 Å². The van der Waals surface area contributed by atoms with Crippen LogP contribution in [0.15, 0.2) is 41.8 Å². The Labute approximate surface area is 161 Å². The normalized spacial score (nSPS) is 11.8. The largest absolute Gasteiger partial charge is 0.385 e. The maximum absolute atomic E-state index is 5.09. The number of methoxy groups -OCH3 is 1. The second-order valence-corrected chi connectivity index (χ2v) is 6.24. The zero-order valence-corrected chi connectivity index (χ0v) is 16.6. The topological polar surface area (TPSA) is 79.6 Å². The molecule has 0 amide bonds. The van der Waals surface area contributed by atoms with Gasteiger partial charge in [-0.3, -0.25) is 0 Å². The van der Waals surface area contributed by atoms with Crippen molar-refractivity contribution >= 4 is 5.96 Å². The number of pyridine rings is 1. The first kappa shape index (κ1) is 20.9. The van der Waals surface area contributed by atoms with Crippen LogP contribution < -0.4 is 10.6 Å². The number of nitrogens with one attached hydrogen (secondary N) is 2. The van der Waals surface area contributed by atoms with Gasteiger partial charge >= 0.3 is 0 Å². The summed E-state index contributed by atoms with van der Waals surface area (Å²) in [6.07, 6.45) is 6.45. The van der Waals surface area contributed by atoms with Crippen LogP contribution in [0.3, 0.4) is 0 Å². The quantitative estimate of drug-likeness (QED) is 0.351. The lowest BCUT2D eigenvalue weighted by molar-refractivity contribution is 0.180. The highest BCUT2D eigenvalue weighted by atomic mass is 16.5. The van der Waals surface area contributed by atoms with Crippen molar-refractivity contribution < 1.29 is 4.74 Å². The molecule has 0 aromatic carbocycles. The van der Waals surface area contributed by atoms with E-state index in [4.69, 9.17) is 4.74 Å². The molecule has 0 unspecified atom stereocenters. The average molecular weight is 374 g/mol. The first-order valence-corrected chi connectivity index (χ1v) is 9.37. The van der Waals surface area contributed by atoms with Crippen LogP contribution in [-0.4, -0.2) is 72.6 Å². The highest BCUT2D eigenvalue weighted by Crippen LogP contribution is 2.07. The molecule has 27 heavy (non-hydrogen) atoms. The van der Waals surface area contributed by atoms with Crippen molar-refractivity contribution in [1.29, 1.82) is 0 Å². The second-order valence-electron chi connectivity index (χ2n) is 6.24. The number of rotatable bonds is 11. The van der Waals surface area contributed by atoms with Gasteiger partial charge in [0.1, 0.15) is 0 Å². The molecule has 2 aromatic heterocycles. The Kier molecular flexibility index (Phi) is 9.29. The van der Waals surface area contributed by atoms with Crippen LogP contribution >= 0.6 is 0 Å². The molecule has 8 heteroatoms. The van der Waals surface area contributed by atoms with E-state index in [0.29, 0.717) is 6.54 Å². The number of ether oxygens (including phenoxy) is 1. The molecule has 2 N–H and O–H groups in total. The standard InChI is InChI=1S/C19H31N7O/c1-4-20-19(22-10-13-25(2)11-6-14-27-3)23-16-17-7-9-21-18(15-17)26-12-5-8-24-26/h5,7-9,12,15H,4,6,10-11,13-14,16H2,1-3H3,(H2,20,22,23). The molecule has 0 aliphatic rings. The number of hydrogen-bond donors (Lipinski definition) is 2. The van der Waals surface area contributed by atoms with Crippen molar-refractivity contribution in [2.75, 3.05) is 46.9 Å². The molecular weight excluding hydrogens is 342 g/mol. The number of aromatic nitrogens is 3. The Morgan fingerprint density at radius 1 is 1.30 bits per heavy atom. The maximum Gasteiger partial charge on any atom is 0.191 e. The predicted molar refractivity (Wildman–Crippen MR) is 108 cm³/mol. The molecule has 0 spiro atoms. The highest BCUT2D eigenvalue weighted by Gasteiger charge is 2.02. The third-order valence-electron chi connectivity index (χ3n) is 3.99. The van der Waals surface area contributed by atoms with Crippen LogP contribution in [0.4, 0.5) is 0 Å². The van der Waals surface area contributed by atoms with E-state index in [1.165, 1.54) is 0 Å². The molecule has 0 aliphatic heterocycles. The summed E-state index contributed by atoms with van der Waals surface area (Å²) in [5.74, 6) is 1.61. The summed E-state index contributed by atoms with van der Waals surface area (Å²) < 4.78 is 6.84. The van der Waals surface area contributed by atoms with Gasteiger partial charge in [0.15, 0.2) is 11.8 Å². The van der Waals surface area contributed by atoms with E-state index in [9.17, 15) is 0 Å². The minimum Gasteiger partial charge on any atom is -0.385 e. The fraction of sp³-hybridized carbons (Fsp3) is 0.526. The molecular formula is C19H31N7O. The lowest BCUT2D eigenvalue weighted by Crippen LogP contribution is -2.41. The molecule has 0 bridgehead atoms. The Morgan fingerprint density at radius 3 is 2.93 bits per heavy atom. The SMILES string of the molecule is CCNC(=NCc1ccnc(-n2cccn2)c1)NCCN(C)CCCOC. The van der Waals surface area contributed by atoms with Gasteiger partial charge in [0.05, 0.1) is 6.54 Å². The smallest absolute Gasteiger partial charge is 0.191 e. The molecule has 0 aliphatic carbocycles. The molecule has 0 atom stereocenters.